The number of ether oxygens (including phenoxy) is 4. The third kappa shape index (κ3) is 5.69. The number of carbonyl (C=O) groups excluding carboxylic acids is 2. The number of imide groups is 1. The number of nitrogens with one attached hydrogen (secondary N) is 1. The highest BCUT2D eigenvalue weighted by Crippen LogP contribution is 2.35. The van der Waals surface area contributed by atoms with Gasteiger partial charge in [-0.1, -0.05) is 12.1 Å². The average Bonchev–Trinajstić information content (AvgIpc) is 3.06. The third-order valence-corrected chi connectivity index (χ3v) is 5.22. The Labute approximate surface area is 200 Å². The van der Waals surface area contributed by atoms with E-state index < -0.39 is 5.91 Å². The van der Waals surface area contributed by atoms with Crippen molar-refractivity contribution >= 4 is 23.1 Å². The fourth-order valence-corrected chi connectivity index (χ4v) is 3.65. The van der Waals surface area contributed by atoms with Gasteiger partial charge in [0.15, 0.2) is 0 Å². The lowest BCUT2D eigenvalue weighted by Gasteiger charge is -2.16. The van der Waals surface area contributed by atoms with E-state index in [0.717, 1.165) is 0 Å². The zero-order chi connectivity index (χ0) is 24.7. The van der Waals surface area contributed by atoms with Crippen LogP contribution in [0.2, 0.25) is 0 Å². The second kappa shape index (κ2) is 11.6. The molecule has 0 aliphatic carbocycles. The predicted octanol–water partition coefficient (Wildman–Crippen LogP) is 4.11. The lowest BCUT2D eigenvalue weighted by Crippen LogP contribution is -2.34. The Morgan fingerprint density at radius 2 is 1.65 bits per heavy atom. The first kappa shape index (κ1) is 25.1. The van der Waals surface area contributed by atoms with Crippen LogP contribution in [-0.2, 0) is 14.3 Å². The highest BCUT2D eigenvalue weighted by atomic mass is 16.5. The van der Waals surface area contributed by atoms with Crippen LogP contribution in [0, 0.1) is 0 Å². The second-order valence-corrected chi connectivity index (χ2v) is 7.94. The van der Waals surface area contributed by atoms with E-state index in [2.05, 4.69) is 5.32 Å². The van der Waals surface area contributed by atoms with Crippen molar-refractivity contribution in [3.8, 4) is 17.2 Å². The highest BCUT2D eigenvalue weighted by molar-refractivity contribution is 6.36. The van der Waals surface area contributed by atoms with Crippen LogP contribution in [0.3, 0.4) is 0 Å². The fourth-order valence-electron chi connectivity index (χ4n) is 3.65. The molecule has 1 aliphatic heterocycles. The normalized spacial score (nSPS) is 13.6. The monoisotopic (exact) mass is 468 g/mol. The molecule has 8 nitrogen and oxygen atoms in total. The molecule has 0 atom stereocenters. The molecule has 0 spiro atoms. The van der Waals surface area contributed by atoms with Gasteiger partial charge in [0.25, 0.3) is 11.8 Å². The summed E-state index contributed by atoms with van der Waals surface area (Å²) >= 11 is 0. The molecule has 34 heavy (non-hydrogen) atoms. The van der Waals surface area contributed by atoms with E-state index in [1.165, 1.54) is 12.0 Å². The zero-order valence-electron chi connectivity index (χ0n) is 20.3. The Morgan fingerprint density at radius 1 is 0.941 bits per heavy atom. The van der Waals surface area contributed by atoms with Gasteiger partial charge in [0.2, 0.25) is 0 Å². The minimum atomic E-state index is -0.399. The van der Waals surface area contributed by atoms with Crippen molar-refractivity contribution in [1.82, 2.24) is 4.90 Å². The number of rotatable bonds is 12. The lowest BCUT2D eigenvalue weighted by atomic mass is 10.0. The summed E-state index contributed by atoms with van der Waals surface area (Å²) in [4.78, 5) is 28.0. The number of amides is 2. The van der Waals surface area contributed by atoms with Crippen molar-refractivity contribution in [2.45, 2.75) is 33.3 Å². The SMILES string of the molecule is CCOCCCN1C(=O)C(Nc2cc(OC)ccc2OC)=C(c2ccc(OC(C)C)cc2)C1=O. The Kier molecular flexibility index (Phi) is 8.54. The number of carbonyl (C=O) groups is 2. The topological polar surface area (TPSA) is 86.3 Å². The van der Waals surface area contributed by atoms with E-state index >= 15 is 0 Å². The molecule has 0 saturated heterocycles. The molecule has 0 saturated carbocycles. The summed E-state index contributed by atoms with van der Waals surface area (Å²) in [6, 6.07) is 12.4. The summed E-state index contributed by atoms with van der Waals surface area (Å²) in [5.74, 6) is 1.04. The third-order valence-electron chi connectivity index (χ3n) is 5.22. The quantitative estimate of drug-likeness (QED) is 0.371. The number of methoxy groups -OCH3 is 2. The largest absolute Gasteiger partial charge is 0.497 e. The van der Waals surface area contributed by atoms with Gasteiger partial charge in [0.1, 0.15) is 22.9 Å². The maximum atomic E-state index is 13.4. The molecular weight excluding hydrogens is 436 g/mol. The van der Waals surface area contributed by atoms with Crippen LogP contribution in [0.15, 0.2) is 48.2 Å². The van der Waals surface area contributed by atoms with Crippen molar-refractivity contribution in [3.05, 3.63) is 53.7 Å². The van der Waals surface area contributed by atoms with Gasteiger partial charge in [-0.3, -0.25) is 14.5 Å². The summed E-state index contributed by atoms with van der Waals surface area (Å²) in [5.41, 5.74) is 1.62. The first-order chi connectivity index (χ1) is 16.4. The molecular formula is C26H32N2O6. The first-order valence-electron chi connectivity index (χ1n) is 11.3. The Bertz CT molecular complexity index is 1050. The highest BCUT2D eigenvalue weighted by Gasteiger charge is 2.39. The first-order valence-corrected chi connectivity index (χ1v) is 11.3. The van der Waals surface area contributed by atoms with Crippen LogP contribution in [0.25, 0.3) is 5.57 Å². The van der Waals surface area contributed by atoms with Gasteiger partial charge in [0.05, 0.1) is 31.6 Å². The number of hydrogen-bond donors (Lipinski definition) is 1. The number of anilines is 1. The number of nitrogens with zero attached hydrogens (tertiary/aromatic N) is 1. The Morgan fingerprint density at radius 3 is 2.26 bits per heavy atom. The molecule has 1 N–H and O–H groups in total. The molecule has 1 aliphatic rings. The lowest BCUT2D eigenvalue weighted by molar-refractivity contribution is -0.137. The van der Waals surface area contributed by atoms with E-state index in [9.17, 15) is 9.59 Å². The van der Waals surface area contributed by atoms with Crippen molar-refractivity contribution in [3.63, 3.8) is 0 Å². The number of hydrogen-bond acceptors (Lipinski definition) is 7. The van der Waals surface area contributed by atoms with Gasteiger partial charge in [-0.05, 0) is 57.0 Å². The van der Waals surface area contributed by atoms with Crippen molar-refractivity contribution < 1.29 is 28.5 Å². The molecule has 2 aromatic carbocycles. The molecule has 0 bridgehead atoms. The van der Waals surface area contributed by atoms with Crippen LogP contribution in [0.5, 0.6) is 17.2 Å². The van der Waals surface area contributed by atoms with Crippen LogP contribution >= 0.6 is 0 Å². The molecule has 1 heterocycles. The van der Waals surface area contributed by atoms with Crippen LogP contribution in [-0.4, -0.2) is 56.8 Å². The standard InChI is InChI=1S/C26H32N2O6/c1-6-33-15-7-14-28-25(29)23(18-8-10-19(11-9-18)34-17(2)3)24(26(28)30)27-21-16-20(31-4)12-13-22(21)32-5/h8-13,16-17,27H,6-7,14-15H2,1-5H3. The van der Waals surface area contributed by atoms with Crippen molar-refractivity contribution in [2.24, 2.45) is 0 Å². The molecule has 182 valence electrons. The smallest absolute Gasteiger partial charge is 0.278 e. The maximum Gasteiger partial charge on any atom is 0.278 e. The summed E-state index contributed by atoms with van der Waals surface area (Å²) < 4.78 is 21.9. The fraction of sp³-hybridized carbons (Fsp3) is 0.385. The van der Waals surface area contributed by atoms with Gasteiger partial charge >= 0.3 is 0 Å². The van der Waals surface area contributed by atoms with Gasteiger partial charge in [-0.25, -0.2) is 0 Å². The predicted molar refractivity (Wildman–Crippen MR) is 130 cm³/mol. The molecule has 0 fully saturated rings. The minimum absolute atomic E-state index is 0.0262. The molecule has 2 aromatic rings. The van der Waals surface area contributed by atoms with Crippen LogP contribution in [0.1, 0.15) is 32.8 Å². The summed E-state index contributed by atoms with van der Waals surface area (Å²) in [6.45, 7) is 7.10. The van der Waals surface area contributed by atoms with Crippen LogP contribution in [0.4, 0.5) is 5.69 Å². The van der Waals surface area contributed by atoms with Gasteiger partial charge in [0, 0.05) is 25.8 Å². The second-order valence-electron chi connectivity index (χ2n) is 7.94. The Balaban J connectivity index is 1.99. The van der Waals surface area contributed by atoms with E-state index in [-0.39, 0.29) is 24.3 Å². The molecule has 0 unspecified atom stereocenters. The van der Waals surface area contributed by atoms with Gasteiger partial charge in [-0.15, -0.1) is 0 Å². The van der Waals surface area contributed by atoms with Crippen molar-refractivity contribution in [1.29, 1.82) is 0 Å². The Hall–Kier alpha value is -3.52. The summed E-state index contributed by atoms with van der Waals surface area (Å²) in [6.07, 6.45) is 0.577. The van der Waals surface area contributed by atoms with Gasteiger partial charge < -0.3 is 24.3 Å². The molecule has 0 aromatic heterocycles. The molecule has 0 radical (unpaired) electrons. The van der Waals surface area contributed by atoms with E-state index in [1.54, 1.807) is 49.6 Å². The molecule has 2 amide bonds. The summed E-state index contributed by atoms with van der Waals surface area (Å²) in [7, 11) is 3.10. The molecule has 3 rings (SSSR count). The van der Waals surface area contributed by atoms with E-state index in [1.807, 2.05) is 20.8 Å². The number of benzene rings is 2. The van der Waals surface area contributed by atoms with Gasteiger partial charge in [-0.2, -0.15) is 0 Å². The van der Waals surface area contributed by atoms with E-state index in [4.69, 9.17) is 18.9 Å². The zero-order valence-corrected chi connectivity index (χ0v) is 20.3. The van der Waals surface area contributed by atoms with E-state index in [0.29, 0.717) is 53.7 Å². The molecule has 8 heteroatoms. The summed E-state index contributed by atoms with van der Waals surface area (Å²) in [5, 5.41) is 3.14. The maximum absolute atomic E-state index is 13.4. The average molecular weight is 469 g/mol. The van der Waals surface area contributed by atoms with Crippen molar-refractivity contribution in [2.75, 3.05) is 39.3 Å². The minimum Gasteiger partial charge on any atom is -0.497 e. The van der Waals surface area contributed by atoms with Crippen LogP contribution < -0.4 is 19.5 Å².